The minimum absolute atomic E-state index is 0.0717. The lowest BCUT2D eigenvalue weighted by atomic mass is 9.98. The Hall–Kier alpha value is -1.02. The lowest BCUT2D eigenvalue weighted by molar-refractivity contribution is 0.631. The molecule has 0 radical (unpaired) electrons. The SMILES string of the molecule is CCNC(c1ccccc1)c1cc(Cl)ccc1Cl. The van der Waals surface area contributed by atoms with Crippen LogP contribution in [0.25, 0.3) is 0 Å². The van der Waals surface area contributed by atoms with Crippen LogP contribution in [-0.2, 0) is 0 Å². The molecule has 0 spiro atoms. The smallest absolute Gasteiger partial charge is 0.0591 e. The van der Waals surface area contributed by atoms with Gasteiger partial charge in [0.05, 0.1) is 6.04 Å². The molecule has 2 rings (SSSR count). The number of nitrogens with one attached hydrogen (secondary N) is 1. The Bertz CT molecular complexity index is 511. The third-order valence-corrected chi connectivity index (χ3v) is 3.39. The molecule has 94 valence electrons. The molecule has 1 unspecified atom stereocenters. The van der Waals surface area contributed by atoms with Gasteiger partial charge in [0, 0.05) is 10.0 Å². The fraction of sp³-hybridized carbons (Fsp3) is 0.200. The summed E-state index contributed by atoms with van der Waals surface area (Å²) in [5, 5.41) is 4.87. The van der Waals surface area contributed by atoms with Crippen LogP contribution in [0.5, 0.6) is 0 Å². The molecule has 2 aromatic rings. The summed E-state index contributed by atoms with van der Waals surface area (Å²) in [5.41, 5.74) is 2.20. The van der Waals surface area contributed by atoms with E-state index in [2.05, 4.69) is 24.4 Å². The van der Waals surface area contributed by atoms with Crippen LogP contribution in [0.2, 0.25) is 10.0 Å². The van der Waals surface area contributed by atoms with Gasteiger partial charge in [0.2, 0.25) is 0 Å². The molecule has 1 atom stereocenters. The summed E-state index contributed by atoms with van der Waals surface area (Å²) in [5.74, 6) is 0. The Labute approximate surface area is 118 Å². The van der Waals surface area contributed by atoms with Crippen molar-refractivity contribution in [3.8, 4) is 0 Å². The van der Waals surface area contributed by atoms with Gasteiger partial charge < -0.3 is 5.32 Å². The van der Waals surface area contributed by atoms with Crippen LogP contribution in [-0.4, -0.2) is 6.54 Å². The van der Waals surface area contributed by atoms with Crippen molar-refractivity contribution in [2.75, 3.05) is 6.54 Å². The molecule has 2 aromatic carbocycles. The van der Waals surface area contributed by atoms with E-state index in [-0.39, 0.29) is 6.04 Å². The van der Waals surface area contributed by atoms with Crippen LogP contribution in [0.3, 0.4) is 0 Å². The number of hydrogen-bond acceptors (Lipinski definition) is 1. The second kappa shape index (κ2) is 6.24. The molecule has 0 saturated carbocycles. The van der Waals surface area contributed by atoms with Crippen molar-refractivity contribution in [3.05, 3.63) is 69.7 Å². The summed E-state index contributed by atoms with van der Waals surface area (Å²) < 4.78 is 0. The van der Waals surface area contributed by atoms with E-state index in [0.717, 1.165) is 17.1 Å². The van der Waals surface area contributed by atoms with E-state index in [4.69, 9.17) is 23.2 Å². The number of rotatable bonds is 4. The van der Waals surface area contributed by atoms with Gasteiger partial charge in [-0.05, 0) is 35.9 Å². The monoisotopic (exact) mass is 279 g/mol. The first-order valence-electron chi connectivity index (χ1n) is 5.95. The first-order valence-corrected chi connectivity index (χ1v) is 6.71. The van der Waals surface area contributed by atoms with Gasteiger partial charge in [-0.2, -0.15) is 0 Å². The topological polar surface area (TPSA) is 12.0 Å². The van der Waals surface area contributed by atoms with E-state index in [1.165, 1.54) is 5.56 Å². The van der Waals surface area contributed by atoms with Crippen molar-refractivity contribution in [1.29, 1.82) is 0 Å². The molecule has 0 aliphatic heterocycles. The highest BCUT2D eigenvalue weighted by atomic mass is 35.5. The summed E-state index contributed by atoms with van der Waals surface area (Å²) in [4.78, 5) is 0. The molecule has 18 heavy (non-hydrogen) atoms. The van der Waals surface area contributed by atoms with Crippen LogP contribution < -0.4 is 5.32 Å². The molecule has 1 N–H and O–H groups in total. The Kier molecular flexibility index (Phi) is 4.65. The summed E-state index contributed by atoms with van der Waals surface area (Å²) in [6, 6.07) is 15.9. The summed E-state index contributed by atoms with van der Waals surface area (Å²) >= 11 is 12.3. The van der Waals surface area contributed by atoms with E-state index in [9.17, 15) is 0 Å². The highest BCUT2D eigenvalue weighted by Crippen LogP contribution is 2.30. The van der Waals surface area contributed by atoms with Crippen molar-refractivity contribution in [2.24, 2.45) is 0 Å². The zero-order valence-electron chi connectivity index (χ0n) is 10.2. The van der Waals surface area contributed by atoms with Gasteiger partial charge in [0.1, 0.15) is 0 Å². The number of hydrogen-bond donors (Lipinski definition) is 1. The second-order valence-corrected chi connectivity index (χ2v) is 4.91. The van der Waals surface area contributed by atoms with Crippen LogP contribution in [0, 0.1) is 0 Å². The quantitative estimate of drug-likeness (QED) is 0.856. The maximum absolute atomic E-state index is 6.28. The van der Waals surface area contributed by atoms with Gasteiger partial charge in [-0.25, -0.2) is 0 Å². The highest BCUT2D eigenvalue weighted by Gasteiger charge is 2.16. The predicted octanol–water partition coefficient (Wildman–Crippen LogP) is 4.69. The largest absolute Gasteiger partial charge is 0.306 e. The first kappa shape index (κ1) is 13.4. The normalized spacial score (nSPS) is 12.4. The van der Waals surface area contributed by atoms with Crippen LogP contribution in [0.15, 0.2) is 48.5 Å². The first-order chi connectivity index (χ1) is 8.72. The Balaban J connectivity index is 2.44. The van der Waals surface area contributed by atoms with Crippen molar-refractivity contribution >= 4 is 23.2 Å². The van der Waals surface area contributed by atoms with Gasteiger partial charge in [-0.1, -0.05) is 60.5 Å². The molecule has 0 aliphatic carbocycles. The predicted molar refractivity (Wildman–Crippen MR) is 78.4 cm³/mol. The molecule has 0 aromatic heterocycles. The lowest BCUT2D eigenvalue weighted by Gasteiger charge is -2.20. The number of benzene rings is 2. The third kappa shape index (κ3) is 3.05. The van der Waals surface area contributed by atoms with Crippen molar-refractivity contribution < 1.29 is 0 Å². The van der Waals surface area contributed by atoms with E-state index in [1.807, 2.05) is 30.3 Å². The van der Waals surface area contributed by atoms with Crippen molar-refractivity contribution in [2.45, 2.75) is 13.0 Å². The maximum Gasteiger partial charge on any atom is 0.0591 e. The molecular weight excluding hydrogens is 265 g/mol. The fourth-order valence-corrected chi connectivity index (χ4v) is 2.40. The van der Waals surface area contributed by atoms with Crippen molar-refractivity contribution in [3.63, 3.8) is 0 Å². The van der Waals surface area contributed by atoms with Gasteiger partial charge >= 0.3 is 0 Å². The zero-order chi connectivity index (χ0) is 13.0. The van der Waals surface area contributed by atoms with Crippen molar-refractivity contribution in [1.82, 2.24) is 5.32 Å². The second-order valence-electron chi connectivity index (χ2n) is 4.07. The molecule has 0 amide bonds. The van der Waals surface area contributed by atoms with E-state index < -0.39 is 0 Å². The summed E-state index contributed by atoms with van der Waals surface area (Å²) in [6.07, 6.45) is 0. The molecule has 0 bridgehead atoms. The van der Waals surface area contributed by atoms with E-state index in [1.54, 1.807) is 6.07 Å². The fourth-order valence-electron chi connectivity index (χ4n) is 1.99. The van der Waals surface area contributed by atoms with Gasteiger partial charge in [0.25, 0.3) is 0 Å². The van der Waals surface area contributed by atoms with Gasteiger partial charge in [-0.15, -0.1) is 0 Å². The average Bonchev–Trinajstić information content (AvgIpc) is 2.40. The molecular formula is C15H15Cl2N. The maximum atomic E-state index is 6.28. The van der Waals surface area contributed by atoms with E-state index in [0.29, 0.717) is 5.02 Å². The minimum Gasteiger partial charge on any atom is -0.306 e. The lowest BCUT2D eigenvalue weighted by Crippen LogP contribution is -2.22. The van der Waals surface area contributed by atoms with Crippen LogP contribution in [0.1, 0.15) is 24.1 Å². The summed E-state index contributed by atoms with van der Waals surface area (Å²) in [7, 11) is 0. The van der Waals surface area contributed by atoms with Gasteiger partial charge in [-0.3, -0.25) is 0 Å². The Morgan fingerprint density at radius 1 is 1.06 bits per heavy atom. The molecule has 1 nitrogen and oxygen atoms in total. The Morgan fingerprint density at radius 2 is 1.78 bits per heavy atom. The molecule has 3 heteroatoms. The third-order valence-electron chi connectivity index (χ3n) is 2.81. The standard InChI is InChI=1S/C15H15Cl2N/c1-2-18-15(11-6-4-3-5-7-11)13-10-12(16)8-9-14(13)17/h3-10,15,18H,2H2,1H3. The highest BCUT2D eigenvalue weighted by molar-refractivity contribution is 6.33. The zero-order valence-corrected chi connectivity index (χ0v) is 11.7. The van der Waals surface area contributed by atoms with Gasteiger partial charge in [0.15, 0.2) is 0 Å². The molecule has 0 saturated heterocycles. The van der Waals surface area contributed by atoms with Crippen LogP contribution >= 0.6 is 23.2 Å². The molecule has 0 heterocycles. The van der Waals surface area contributed by atoms with Crippen LogP contribution in [0.4, 0.5) is 0 Å². The Morgan fingerprint density at radius 3 is 2.44 bits per heavy atom. The minimum atomic E-state index is 0.0717. The summed E-state index contributed by atoms with van der Waals surface area (Å²) in [6.45, 7) is 2.94. The molecule has 0 aliphatic rings. The molecule has 0 fully saturated rings. The number of halogens is 2. The average molecular weight is 280 g/mol. The van der Waals surface area contributed by atoms with E-state index >= 15 is 0 Å².